The molecule has 4 fully saturated rings. The van der Waals surface area contributed by atoms with Gasteiger partial charge in [-0.25, -0.2) is 4.39 Å². The van der Waals surface area contributed by atoms with Gasteiger partial charge in [-0.3, -0.25) is 14.4 Å². The molecule has 9 nitrogen and oxygen atoms in total. The first-order valence-corrected chi connectivity index (χ1v) is 16.0. The van der Waals surface area contributed by atoms with Gasteiger partial charge in [-0.2, -0.15) is 13.2 Å². The first-order valence-electron chi connectivity index (χ1n) is 16.0. The quantitative estimate of drug-likeness (QED) is 0.441. The van der Waals surface area contributed by atoms with Crippen molar-refractivity contribution in [1.82, 2.24) is 20.4 Å². The number of carbonyl (C=O) groups excluding carboxylic acids is 3. The molecule has 1 saturated carbocycles. The Morgan fingerprint density at radius 3 is 2.11 bits per heavy atom. The maximum Gasteiger partial charge on any atom is 0.391 e. The van der Waals surface area contributed by atoms with E-state index < -0.39 is 17.9 Å². The number of benzene rings is 2. The molecule has 2 aromatic rings. The van der Waals surface area contributed by atoms with Crippen LogP contribution in [0.2, 0.25) is 0 Å². The number of hydrogen-bond donors (Lipinski definition) is 2. The fourth-order valence-corrected chi connectivity index (χ4v) is 6.96. The van der Waals surface area contributed by atoms with Gasteiger partial charge in [-0.05, 0) is 86.5 Å². The number of halogens is 5. The van der Waals surface area contributed by atoms with Crippen LogP contribution in [-0.2, 0) is 4.79 Å². The minimum atomic E-state index is -4.21. The summed E-state index contributed by atoms with van der Waals surface area (Å²) in [5.41, 5.74) is 1.68. The topological polar surface area (TPSA) is 94.2 Å². The minimum Gasteiger partial charge on any atom is -0.489 e. The first-order chi connectivity index (χ1) is 22.1. The molecule has 1 aliphatic carbocycles. The van der Waals surface area contributed by atoms with Crippen molar-refractivity contribution in [3.63, 3.8) is 0 Å². The van der Waals surface area contributed by atoms with Gasteiger partial charge in [0.15, 0.2) is 0 Å². The van der Waals surface area contributed by atoms with Crippen molar-refractivity contribution in [2.45, 2.75) is 50.3 Å². The number of alkyl halides is 3. The van der Waals surface area contributed by atoms with Crippen LogP contribution in [0.5, 0.6) is 5.75 Å². The summed E-state index contributed by atoms with van der Waals surface area (Å²) < 4.78 is 60.9. The van der Waals surface area contributed by atoms with Gasteiger partial charge in [0.25, 0.3) is 11.8 Å². The Labute approximate surface area is 277 Å². The molecular weight excluding hydrogens is 642 g/mol. The van der Waals surface area contributed by atoms with E-state index in [1.54, 1.807) is 28.0 Å². The van der Waals surface area contributed by atoms with E-state index >= 15 is 0 Å². The van der Waals surface area contributed by atoms with Crippen LogP contribution in [-0.4, -0.2) is 98.7 Å². The molecule has 3 amide bonds. The molecule has 256 valence electrons. The molecule has 0 radical (unpaired) electrons. The summed E-state index contributed by atoms with van der Waals surface area (Å²) >= 11 is 0. The lowest BCUT2D eigenvalue weighted by Gasteiger charge is -2.35. The summed E-state index contributed by atoms with van der Waals surface area (Å²) in [6.45, 7) is 3.62. The van der Waals surface area contributed by atoms with E-state index in [0.29, 0.717) is 49.5 Å². The van der Waals surface area contributed by atoms with Crippen molar-refractivity contribution in [3.8, 4) is 5.75 Å². The molecule has 2 aromatic carbocycles. The molecule has 3 saturated heterocycles. The van der Waals surface area contributed by atoms with E-state index in [9.17, 15) is 31.9 Å². The zero-order valence-electron chi connectivity index (χ0n) is 26.0. The molecule has 2 N–H and O–H groups in total. The van der Waals surface area contributed by atoms with Crippen LogP contribution in [0.4, 0.5) is 23.2 Å². The number of carbonyl (C=O) groups is 3. The largest absolute Gasteiger partial charge is 0.489 e. The van der Waals surface area contributed by atoms with Crippen LogP contribution in [0.3, 0.4) is 0 Å². The van der Waals surface area contributed by atoms with E-state index in [4.69, 9.17) is 4.74 Å². The Morgan fingerprint density at radius 1 is 0.809 bits per heavy atom. The van der Waals surface area contributed by atoms with E-state index in [2.05, 4.69) is 10.6 Å². The van der Waals surface area contributed by atoms with Gasteiger partial charge >= 0.3 is 6.18 Å². The number of amides is 3. The van der Waals surface area contributed by atoms with Gasteiger partial charge < -0.3 is 30.1 Å². The summed E-state index contributed by atoms with van der Waals surface area (Å²) in [7, 11) is 0. The van der Waals surface area contributed by atoms with Crippen molar-refractivity contribution >= 4 is 35.8 Å². The van der Waals surface area contributed by atoms with Crippen LogP contribution < -0.4 is 20.3 Å². The second kappa shape index (κ2) is 14.8. The summed E-state index contributed by atoms with van der Waals surface area (Å²) in [6, 6.07) is 9.18. The van der Waals surface area contributed by atoms with Gasteiger partial charge in [0, 0.05) is 62.6 Å². The van der Waals surface area contributed by atoms with Gasteiger partial charge in [0.05, 0.1) is 12.5 Å². The number of piperazine rings is 2. The van der Waals surface area contributed by atoms with Crippen molar-refractivity contribution in [2.24, 2.45) is 5.92 Å². The molecule has 0 aromatic heterocycles. The molecule has 1 unspecified atom stereocenters. The molecule has 1 atom stereocenters. The Bertz CT molecular complexity index is 1450. The number of anilines is 1. The van der Waals surface area contributed by atoms with Gasteiger partial charge in [-0.1, -0.05) is 0 Å². The van der Waals surface area contributed by atoms with Crippen LogP contribution in [0.15, 0.2) is 36.4 Å². The maximum atomic E-state index is 14.5. The molecule has 0 spiro atoms. The number of hydrogen-bond acceptors (Lipinski definition) is 6. The lowest BCUT2D eigenvalue weighted by atomic mass is 9.78. The molecule has 3 aliphatic heterocycles. The Kier molecular flexibility index (Phi) is 11.0. The maximum absolute atomic E-state index is 14.5. The van der Waals surface area contributed by atoms with Crippen molar-refractivity contribution in [3.05, 3.63) is 58.9 Å². The summed E-state index contributed by atoms with van der Waals surface area (Å²) in [5.74, 6) is -2.24. The molecule has 14 heteroatoms. The predicted octanol–water partition coefficient (Wildman–Crippen LogP) is 4.36. The highest BCUT2D eigenvalue weighted by molar-refractivity contribution is 5.99. The smallest absolute Gasteiger partial charge is 0.391 e. The Hall–Kier alpha value is -3.42. The minimum absolute atomic E-state index is 0. The number of nitrogens with zero attached hydrogens (tertiary/aromatic N) is 3. The highest BCUT2D eigenvalue weighted by Gasteiger charge is 2.42. The van der Waals surface area contributed by atoms with Crippen LogP contribution >= 0.6 is 12.4 Å². The molecule has 3 heterocycles. The van der Waals surface area contributed by atoms with E-state index in [-0.39, 0.29) is 93.3 Å². The molecule has 47 heavy (non-hydrogen) atoms. The summed E-state index contributed by atoms with van der Waals surface area (Å²) in [5, 5.41) is 6.22. The summed E-state index contributed by atoms with van der Waals surface area (Å²) in [4.78, 5) is 44.0. The monoisotopic (exact) mass is 681 g/mol. The normalized spacial score (nSPS) is 23.8. The first kappa shape index (κ1) is 34.9. The van der Waals surface area contributed by atoms with Gasteiger partial charge in [-0.15, -0.1) is 12.4 Å². The standard InChI is InChI=1S/C33H39F4N5O4.ClH/c34-25-15-23(16-26(18-25)42-10-9-39-20-30(42)43)32(45)41-13-11-40(12-14-41)31(44)22-3-6-29(46-27-7-8-38-19-27)28(17-22)21-1-4-24(5-2-21)33(35,36)37;/h3,6,15-18,21,24,27,38-39H,1-2,4-5,7-14,19-20H2;1H. The number of rotatable bonds is 6. The second-order valence-electron chi connectivity index (χ2n) is 12.6. The van der Waals surface area contributed by atoms with Gasteiger partial charge in [0.2, 0.25) is 5.91 Å². The Balaban J connectivity index is 0.00000433. The van der Waals surface area contributed by atoms with E-state index in [1.807, 2.05) is 0 Å². The zero-order valence-corrected chi connectivity index (χ0v) is 26.8. The zero-order chi connectivity index (χ0) is 32.4. The third kappa shape index (κ3) is 8.01. The average Bonchev–Trinajstić information content (AvgIpc) is 3.57. The van der Waals surface area contributed by atoms with Crippen molar-refractivity contribution < 1.29 is 36.7 Å². The summed E-state index contributed by atoms with van der Waals surface area (Å²) in [6.07, 6.45) is -2.59. The molecular formula is C33H40ClF4N5O4. The van der Waals surface area contributed by atoms with Crippen LogP contribution in [0, 0.1) is 11.7 Å². The predicted molar refractivity (Wildman–Crippen MR) is 170 cm³/mol. The lowest BCUT2D eigenvalue weighted by molar-refractivity contribution is -0.182. The fraction of sp³-hybridized carbons (Fsp3) is 0.545. The van der Waals surface area contributed by atoms with Crippen molar-refractivity contribution in [2.75, 3.05) is 63.8 Å². The highest BCUT2D eigenvalue weighted by atomic mass is 35.5. The Morgan fingerprint density at radius 2 is 1.49 bits per heavy atom. The van der Waals surface area contributed by atoms with Crippen LogP contribution in [0.25, 0.3) is 0 Å². The molecule has 0 bridgehead atoms. The third-order valence-electron chi connectivity index (χ3n) is 9.58. The van der Waals surface area contributed by atoms with Gasteiger partial charge in [0.1, 0.15) is 17.7 Å². The SMILES string of the molecule is Cl.O=C(c1cc(F)cc(N2CCNCC2=O)c1)N1CCN(C(=O)c2ccc(OC3CCNC3)c(C3CCC(C(F)(F)F)CC3)c2)CC1. The molecule has 4 aliphatic rings. The van der Waals surface area contributed by atoms with Crippen molar-refractivity contribution in [1.29, 1.82) is 0 Å². The average molecular weight is 682 g/mol. The van der Waals surface area contributed by atoms with E-state index in [0.717, 1.165) is 24.6 Å². The highest BCUT2D eigenvalue weighted by Crippen LogP contribution is 2.45. The lowest BCUT2D eigenvalue weighted by Crippen LogP contribution is -2.50. The number of ether oxygens (including phenoxy) is 1. The molecule has 6 rings (SSSR count). The second-order valence-corrected chi connectivity index (χ2v) is 12.6. The van der Waals surface area contributed by atoms with Crippen LogP contribution in [0.1, 0.15) is 64.3 Å². The third-order valence-corrected chi connectivity index (χ3v) is 9.58. The number of nitrogens with one attached hydrogen (secondary N) is 2. The van der Waals surface area contributed by atoms with E-state index in [1.165, 1.54) is 17.0 Å². The fourth-order valence-electron chi connectivity index (χ4n) is 6.96.